The number of thioether (sulfide) groups is 1. The van der Waals surface area contributed by atoms with Crippen LogP contribution >= 0.6 is 11.8 Å². The molecular weight excluding hydrogens is 244 g/mol. The maximum absolute atomic E-state index is 11.0. The van der Waals surface area contributed by atoms with Crippen molar-refractivity contribution in [3.05, 3.63) is 23.8 Å². The maximum Gasteiger partial charge on any atom is 0.221 e. The number of nitrogens with one attached hydrogen (secondary N) is 2. The first-order valence-electron chi connectivity index (χ1n) is 6.31. The van der Waals surface area contributed by atoms with Gasteiger partial charge in [-0.25, -0.2) is 0 Å². The molecule has 2 rings (SSSR count). The summed E-state index contributed by atoms with van der Waals surface area (Å²) in [5, 5.41) is 7.14. The van der Waals surface area contributed by atoms with Gasteiger partial charge in [-0.1, -0.05) is 6.92 Å². The van der Waals surface area contributed by atoms with Gasteiger partial charge >= 0.3 is 0 Å². The third kappa shape index (κ3) is 3.42. The molecule has 98 valence electrons. The number of anilines is 2. The van der Waals surface area contributed by atoms with E-state index >= 15 is 0 Å². The molecule has 0 radical (unpaired) electrons. The molecular formula is C14H20N2OS. The summed E-state index contributed by atoms with van der Waals surface area (Å²) >= 11 is 2.02. The standard InChI is InChI=1S/C14H20N2OS/c1-9-6-12(4-5-14(9)15-11(3)17)16-13-7-10(2)18-8-13/h4-6,10,13,16H,7-8H2,1-3H3,(H,15,17). The highest BCUT2D eigenvalue weighted by Crippen LogP contribution is 2.29. The van der Waals surface area contributed by atoms with Gasteiger partial charge in [-0.05, 0) is 37.1 Å². The zero-order valence-corrected chi connectivity index (χ0v) is 11.9. The molecule has 1 aliphatic rings. The van der Waals surface area contributed by atoms with Crippen molar-refractivity contribution in [2.24, 2.45) is 0 Å². The Morgan fingerprint density at radius 2 is 2.22 bits per heavy atom. The van der Waals surface area contributed by atoms with Crippen LogP contribution < -0.4 is 10.6 Å². The lowest BCUT2D eigenvalue weighted by molar-refractivity contribution is -0.114. The van der Waals surface area contributed by atoms with Gasteiger partial charge in [0, 0.05) is 35.3 Å². The zero-order chi connectivity index (χ0) is 13.1. The molecule has 1 saturated heterocycles. The number of hydrogen-bond donors (Lipinski definition) is 2. The highest BCUT2D eigenvalue weighted by atomic mass is 32.2. The fourth-order valence-corrected chi connectivity index (χ4v) is 3.39. The minimum absolute atomic E-state index is 0.0279. The number of benzene rings is 1. The second kappa shape index (κ2) is 5.65. The lowest BCUT2D eigenvalue weighted by Crippen LogP contribution is -2.19. The molecule has 1 aliphatic heterocycles. The van der Waals surface area contributed by atoms with Gasteiger partial charge in [0.15, 0.2) is 0 Å². The van der Waals surface area contributed by atoms with E-state index in [1.165, 1.54) is 19.1 Å². The van der Waals surface area contributed by atoms with E-state index in [1.54, 1.807) is 0 Å². The lowest BCUT2D eigenvalue weighted by Gasteiger charge is -2.15. The SMILES string of the molecule is CC(=O)Nc1ccc(NC2CSC(C)C2)cc1C. The Morgan fingerprint density at radius 3 is 2.78 bits per heavy atom. The van der Waals surface area contributed by atoms with Gasteiger partial charge in [0.25, 0.3) is 0 Å². The monoisotopic (exact) mass is 264 g/mol. The van der Waals surface area contributed by atoms with Crippen molar-refractivity contribution in [3.8, 4) is 0 Å². The fraction of sp³-hybridized carbons (Fsp3) is 0.500. The van der Waals surface area contributed by atoms with Crippen LogP contribution in [0.3, 0.4) is 0 Å². The molecule has 3 nitrogen and oxygen atoms in total. The molecule has 1 aromatic carbocycles. The molecule has 0 spiro atoms. The molecule has 2 unspecified atom stereocenters. The summed E-state index contributed by atoms with van der Waals surface area (Å²) in [7, 11) is 0. The molecule has 0 aliphatic carbocycles. The van der Waals surface area contributed by atoms with Gasteiger partial charge in [0.1, 0.15) is 0 Å². The highest BCUT2D eigenvalue weighted by Gasteiger charge is 2.21. The predicted octanol–water partition coefficient (Wildman–Crippen LogP) is 3.26. The Morgan fingerprint density at radius 1 is 1.44 bits per heavy atom. The molecule has 0 bridgehead atoms. The van der Waals surface area contributed by atoms with E-state index in [0.717, 1.165) is 22.2 Å². The predicted molar refractivity (Wildman–Crippen MR) is 79.4 cm³/mol. The summed E-state index contributed by atoms with van der Waals surface area (Å²) in [4.78, 5) is 11.0. The average Bonchev–Trinajstić information content (AvgIpc) is 2.68. The van der Waals surface area contributed by atoms with Crippen molar-refractivity contribution in [3.63, 3.8) is 0 Å². The maximum atomic E-state index is 11.0. The van der Waals surface area contributed by atoms with Gasteiger partial charge in [0.05, 0.1) is 0 Å². The van der Waals surface area contributed by atoms with Crippen molar-refractivity contribution < 1.29 is 4.79 Å². The van der Waals surface area contributed by atoms with Crippen LogP contribution in [0.4, 0.5) is 11.4 Å². The summed E-state index contributed by atoms with van der Waals surface area (Å²) in [6.07, 6.45) is 1.22. The molecule has 2 N–H and O–H groups in total. The van der Waals surface area contributed by atoms with Crippen LogP contribution in [-0.2, 0) is 4.79 Å². The van der Waals surface area contributed by atoms with Crippen LogP contribution in [0.25, 0.3) is 0 Å². The van der Waals surface area contributed by atoms with E-state index in [0.29, 0.717) is 6.04 Å². The van der Waals surface area contributed by atoms with Gasteiger partial charge < -0.3 is 10.6 Å². The number of carbonyl (C=O) groups is 1. The van der Waals surface area contributed by atoms with Crippen molar-refractivity contribution in [1.29, 1.82) is 0 Å². The molecule has 0 saturated carbocycles. The van der Waals surface area contributed by atoms with Crippen molar-refractivity contribution in [2.45, 2.75) is 38.5 Å². The number of hydrogen-bond acceptors (Lipinski definition) is 3. The van der Waals surface area contributed by atoms with Crippen LogP contribution in [0, 0.1) is 6.92 Å². The third-order valence-electron chi connectivity index (χ3n) is 3.11. The van der Waals surface area contributed by atoms with Crippen LogP contribution in [0.15, 0.2) is 18.2 Å². The number of carbonyl (C=O) groups excluding carboxylic acids is 1. The summed E-state index contributed by atoms with van der Waals surface area (Å²) in [6.45, 7) is 5.82. The topological polar surface area (TPSA) is 41.1 Å². The Bertz CT molecular complexity index is 447. The van der Waals surface area contributed by atoms with Crippen LogP contribution in [0.2, 0.25) is 0 Å². The normalized spacial score (nSPS) is 22.8. The number of amides is 1. The molecule has 1 aromatic rings. The Kier molecular flexibility index (Phi) is 4.17. The van der Waals surface area contributed by atoms with E-state index in [2.05, 4.69) is 23.6 Å². The summed E-state index contributed by atoms with van der Waals surface area (Å²) in [5.41, 5.74) is 3.12. The van der Waals surface area contributed by atoms with Crippen LogP contribution in [-0.4, -0.2) is 23.0 Å². The average molecular weight is 264 g/mol. The summed E-state index contributed by atoms with van der Waals surface area (Å²) in [6, 6.07) is 6.66. The third-order valence-corrected chi connectivity index (χ3v) is 4.46. The van der Waals surface area contributed by atoms with Crippen molar-refractivity contribution in [1.82, 2.24) is 0 Å². The Hall–Kier alpha value is -1.16. The number of rotatable bonds is 3. The lowest BCUT2D eigenvalue weighted by atomic mass is 10.1. The minimum Gasteiger partial charge on any atom is -0.381 e. The van der Waals surface area contributed by atoms with E-state index in [1.807, 2.05) is 30.8 Å². The molecule has 1 amide bonds. The molecule has 1 heterocycles. The second-order valence-electron chi connectivity index (χ2n) is 4.93. The first-order chi connectivity index (χ1) is 8.54. The van der Waals surface area contributed by atoms with Gasteiger partial charge in [-0.3, -0.25) is 4.79 Å². The van der Waals surface area contributed by atoms with Crippen molar-refractivity contribution in [2.75, 3.05) is 16.4 Å². The van der Waals surface area contributed by atoms with Gasteiger partial charge in [-0.15, -0.1) is 0 Å². The molecule has 0 aromatic heterocycles. The molecule has 1 fully saturated rings. The van der Waals surface area contributed by atoms with Crippen molar-refractivity contribution >= 4 is 29.0 Å². The molecule has 2 atom stereocenters. The van der Waals surface area contributed by atoms with Crippen LogP contribution in [0.5, 0.6) is 0 Å². The summed E-state index contributed by atoms with van der Waals surface area (Å²) < 4.78 is 0. The second-order valence-corrected chi connectivity index (χ2v) is 6.40. The van der Waals surface area contributed by atoms with Gasteiger partial charge in [0.2, 0.25) is 5.91 Å². The van der Waals surface area contributed by atoms with Gasteiger partial charge in [-0.2, -0.15) is 11.8 Å². The fourth-order valence-electron chi connectivity index (χ4n) is 2.24. The van der Waals surface area contributed by atoms with Crippen LogP contribution in [0.1, 0.15) is 25.8 Å². The summed E-state index contributed by atoms with van der Waals surface area (Å²) in [5.74, 6) is 1.15. The first kappa shape index (κ1) is 13.3. The number of aryl methyl sites for hydroxylation is 1. The van der Waals surface area contributed by atoms with E-state index in [4.69, 9.17) is 0 Å². The van der Waals surface area contributed by atoms with E-state index in [-0.39, 0.29) is 5.91 Å². The minimum atomic E-state index is -0.0279. The highest BCUT2D eigenvalue weighted by molar-refractivity contribution is 8.00. The van der Waals surface area contributed by atoms with E-state index < -0.39 is 0 Å². The Balaban J connectivity index is 2.02. The molecule has 4 heteroatoms. The zero-order valence-electron chi connectivity index (χ0n) is 11.1. The van der Waals surface area contributed by atoms with E-state index in [9.17, 15) is 4.79 Å². The quantitative estimate of drug-likeness (QED) is 0.880. The first-order valence-corrected chi connectivity index (χ1v) is 7.36. The molecule has 18 heavy (non-hydrogen) atoms. The largest absolute Gasteiger partial charge is 0.381 e. The smallest absolute Gasteiger partial charge is 0.221 e. The Labute approximate surface area is 113 Å².